The van der Waals surface area contributed by atoms with E-state index < -0.39 is 22.0 Å². The van der Waals surface area contributed by atoms with Gasteiger partial charge in [0.05, 0.1) is 16.0 Å². The second kappa shape index (κ2) is 8.62. The van der Waals surface area contributed by atoms with Crippen LogP contribution in [-0.2, 0) is 22.0 Å². The van der Waals surface area contributed by atoms with E-state index in [1.165, 1.54) is 50.7 Å². The zero-order valence-electron chi connectivity index (χ0n) is 20.5. The molecule has 0 saturated heterocycles. The summed E-state index contributed by atoms with van der Waals surface area (Å²) in [6.07, 6.45) is 14.1. The predicted octanol–water partition coefficient (Wildman–Crippen LogP) is 5.77. The van der Waals surface area contributed by atoms with E-state index in [0.29, 0.717) is 54.4 Å². The van der Waals surface area contributed by atoms with Crippen molar-refractivity contribution in [3.05, 3.63) is 30.1 Å². The molecule has 1 aromatic carbocycles. The SMILES string of the molecule is O=[S@@](N(CCOc1ccc(F)cc1)[S@](=O)C12CC3CC(CC(C3)C1)C2)C12CC3CC(CC(C3)C1)C2. The van der Waals surface area contributed by atoms with Crippen molar-refractivity contribution in [2.24, 2.45) is 35.5 Å². The number of benzene rings is 1. The highest BCUT2D eigenvalue weighted by Gasteiger charge is 2.59. The Kier molecular flexibility index (Phi) is 5.75. The molecule has 9 rings (SSSR count). The first kappa shape index (κ1) is 23.3. The minimum Gasteiger partial charge on any atom is -0.492 e. The molecule has 7 heteroatoms. The fourth-order valence-electron chi connectivity index (χ4n) is 9.92. The maximum atomic E-state index is 14.6. The van der Waals surface area contributed by atoms with Crippen LogP contribution in [0.4, 0.5) is 4.39 Å². The molecule has 0 heterocycles. The maximum absolute atomic E-state index is 14.6. The van der Waals surface area contributed by atoms with Crippen LogP contribution in [0.15, 0.2) is 24.3 Å². The van der Waals surface area contributed by atoms with Gasteiger partial charge in [-0.15, -0.1) is 3.71 Å². The van der Waals surface area contributed by atoms with Crippen molar-refractivity contribution in [2.45, 2.75) is 86.5 Å². The number of rotatable bonds is 8. The summed E-state index contributed by atoms with van der Waals surface area (Å²) < 4.78 is 49.9. The molecule has 192 valence electrons. The molecule has 4 nitrogen and oxygen atoms in total. The van der Waals surface area contributed by atoms with Crippen LogP contribution in [0.3, 0.4) is 0 Å². The number of hydrogen-bond acceptors (Lipinski definition) is 3. The molecule has 0 radical (unpaired) electrons. The van der Waals surface area contributed by atoms with Crippen molar-refractivity contribution in [2.75, 3.05) is 13.2 Å². The van der Waals surface area contributed by atoms with Crippen LogP contribution in [0.2, 0.25) is 0 Å². The van der Waals surface area contributed by atoms with Crippen molar-refractivity contribution in [1.82, 2.24) is 3.71 Å². The third-order valence-electron chi connectivity index (χ3n) is 10.4. The highest BCUT2D eigenvalue weighted by Crippen LogP contribution is 2.61. The fourth-order valence-corrected chi connectivity index (χ4v) is 15.0. The number of halogens is 1. The largest absolute Gasteiger partial charge is 0.492 e. The molecule has 0 aliphatic heterocycles. The first-order valence-corrected chi connectivity index (χ1v) is 16.1. The van der Waals surface area contributed by atoms with E-state index in [9.17, 15) is 12.8 Å². The lowest BCUT2D eigenvalue weighted by Gasteiger charge is -2.58. The molecule has 8 bridgehead atoms. The summed E-state index contributed by atoms with van der Waals surface area (Å²) in [6, 6.07) is 6.06. The molecule has 1 aromatic rings. The Bertz CT molecular complexity index is 901. The van der Waals surface area contributed by atoms with E-state index in [0.717, 1.165) is 38.5 Å². The summed E-state index contributed by atoms with van der Waals surface area (Å²) in [5, 5.41) is 0. The lowest BCUT2D eigenvalue weighted by atomic mass is 9.56. The molecule has 0 amide bonds. The summed E-state index contributed by atoms with van der Waals surface area (Å²) >= 11 is 0. The lowest BCUT2D eigenvalue weighted by molar-refractivity contribution is 0.0324. The Morgan fingerprint density at radius 1 is 0.714 bits per heavy atom. The summed E-state index contributed by atoms with van der Waals surface area (Å²) in [4.78, 5) is 0. The highest BCUT2D eigenvalue weighted by atomic mass is 32.3. The lowest BCUT2D eigenvalue weighted by Crippen LogP contribution is -2.60. The molecular weight excluding hydrogens is 481 g/mol. The van der Waals surface area contributed by atoms with Crippen molar-refractivity contribution in [3.8, 4) is 5.75 Å². The Balaban J connectivity index is 1.15. The van der Waals surface area contributed by atoms with E-state index in [1.807, 2.05) is 3.71 Å². The van der Waals surface area contributed by atoms with Crippen LogP contribution in [0.1, 0.15) is 77.0 Å². The van der Waals surface area contributed by atoms with Crippen molar-refractivity contribution >= 4 is 22.0 Å². The van der Waals surface area contributed by atoms with Gasteiger partial charge in [-0.1, -0.05) is 0 Å². The van der Waals surface area contributed by atoms with Crippen LogP contribution in [0.5, 0.6) is 5.75 Å². The van der Waals surface area contributed by atoms with E-state index in [2.05, 4.69) is 0 Å². The van der Waals surface area contributed by atoms with Crippen molar-refractivity contribution < 1.29 is 17.5 Å². The van der Waals surface area contributed by atoms with Crippen LogP contribution in [0, 0.1) is 41.3 Å². The van der Waals surface area contributed by atoms with Crippen molar-refractivity contribution in [1.29, 1.82) is 0 Å². The van der Waals surface area contributed by atoms with Crippen LogP contribution in [-0.4, -0.2) is 34.8 Å². The average Bonchev–Trinajstić information content (AvgIpc) is 2.80. The molecule has 8 saturated carbocycles. The normalized spacial score (nSPS) is 44.6. The van der Waals surface area contributed by atoms with E-state index >= 15 is 0 Å². The van der Waals surface area contributed by atoms with Crippen LogP contribution in [0.25, 0.3) is 0 Å². The summed E-state index contributed by atoms with van der Waals surface area (Å²) in [7, 11) is -2.55. The van der Waals surface area contributed by atoms with Gasteiger partial charge < -0.3 is 4.74 Å². The van der Waals surface area contributed by atoms with Gasteiger partial charge in [0.25, 0.3) is 0 Å². The third-order valence-corrected chi connectivity index (χ3v) is 14.8. The third kappa shape index (κ3) is 4.06. The van der Waals surface area contributed by atoms with Gasteiger partial charge in [0.1, 0.15) is 40.1 Å². The summed E-state index contributed by atoms with van der Waals surface area (Å²) in [6.45, 7) is 0.724. The van der Waals surface area contributed by atoms with Gasteiger partial charge in [-0.2, -0.15) is 0 Å². The number of ether oxygens (including phenoxy) is 1. The zero-order chi connectivity index (χ0) is 23.8. The van der Waals surface area contributed by atoms with Gasteiger partial charge in [-0.05, 0) is 137 Å². The van der Waals surface area contributed by atoms with Crippen molar-refractivity contribution in [3.63, 3.8) is 0 Å². The monoisotopic (exact) mass is 519 g/mol. The van der Waals surface area contributed by atoms with E-state index in [1.54, 1.807) is 12.1 Å². The fraction of sp³-hybridized carbons (Fsp3) is 0.786. The maximum Gasteiger partial charge on any atom is 0.123 e. The smallest absolute Gasteiger partial charge is 0.123 e. The number of hydrogen-bond donors (Lipinski definition) is 0. The second-order valence-corrected chi connectivity index (χ2v) is 16.9. The molecule has 0 aromatic heterocycles. The quantitative estimate of drug-likeness (QED) is 0.438. The zero-order valence-corrected chi connectivity index (χ0v) is 22.2. The van der Waals surface area contributed by atoms with Gasteiger partial charge in [-0.25, -0.2) is 12.8 Å². The second-order valence-electron chi connectivity index (χ2n) is 13.1. The predicted molar refractivity (Wildman–Crippen MR) is 137 cm³/mol. The van der Waals surface area contributed by atoms with E-state index in [4.69, 9.17) is 4.74 Å². The van der Waals surface area contributed by atoms with Gasteiger partial charge in [0.15, 0.2) is 0 Å². The molecule has 8 aliphatic carbocycles. The van der Waals surface area contributed by atoms with Gasteiger partial charge >= 0.3 is 0 Å². The molecule has 0 spiro atoms. The minimum atomic E-state index is -1.27. The minimum absolute atomic E-state index is 0.192. The molecule has 35 heavy (non-hydrogen) atoms. The molecule has 0 unspecified atom stereocenters. The molecule has 0 N–H and O–H groups in total. The van der Waals surface area contributed by atoms with Crippen LogP contribution >= 0.6 is 0 Å². The first-order valence-electron chi connectivity index (χ1n) is 13.9. The summed E-state index contributed by atoms with van der Waals surface area (Å²) in [5.41, 5.74) is 0. The van der Waals surface area contributed by atoms with Gasteiger partial charge in [0.2, 0.25) is 0 Å². The summed E-state index contributed by atoms with van der Waals surface area (Å²) in [5.74, 6) is 4.54. The molecule has 8 aliphatic rings. The molecule has 8 fully saturated rings. The Labute approximate surface area is 213 Å². The topological polar surface area (TPSA) is 46.6 Å². The molecular formula is C28H38FNO3S2. The first-order chi connectivity index (χ1) is 16.9. The number of nitrogens with zero attached hydrogens (tertiary/aromatic N) is 1. The van der Waals surface area contributed by atoms with E-state index in [-0.39, 0.29) is 15.3 Å². The average molecular weight is 520 g/mol. The Morgan fingerprint density at radius 3 is 1.46 bits per heavy atom. The van der Waals surface area contributed by atoms with Crippen LogP contribution < -0.4 is 4.74 Å². The highest BCUT2D eigenvalue weighted by molar-refractivity contribution is 7.99. The Morgan fingerprint density at radius 2 is 1.09 bits per heavy atom. The standard InChI is InChI=1S/C28H38FNO3S2/c29-25-1-3-26(4-2-25)33-6-5-30(34(31)27-13-19-7-20(14-27)9-21(8-19)15-27)35(32)28-16-22-10-23(17-28)12-24(11-22)18-28/h1-4,19-24H,5-18H2/t19?,20?,21?,22?,23?,24?,27?,28?,34-,35-/m1/s1. The Hall–Kier alpha value is -0.790. The van der Waals surface area contributed by atoms with Gasteiger partial charge in [0, 0.05) is 0 Å². The molecule has 2 atom stereocenters. The van der Waals surface area contributed by atoms with Gasteiger partial charge in [-0.3, -0.25) is 0 Å².